The number of benzene rings is 2. The zero-order valence-electron chi connectivity index (χ0n) is 23.1. The first-order valence-corrected chi connectivity index (χ1v) is 16.8. The maximum absolute atomic E-state index is 6.43. The van der Waals surface area contributed by atoms with Gasteiger partial charge >= 0.3 is 0 Å². The number of fused-ring (bicyclic) bond motifs is 2. The number of imidazole rings is 2. The molecule has 5 N–H and O–H groups in total. The molecule has 2 aromatic heterocycles. The molecule has 208 valence electrons. The number of nitrogens with two attached hydrogens (primary N) is 1. The summed E-state index contributed by atoms with van der Waals surface area (Å²) in [5, 5.41) is 3.66. The van der Waals surface area contributed by atoms with Crippen molar-refractivity contribution in [3.8, 4) is 33.6 Å². The molecule has 8 heteroatoms. The number of hydrogen-bond acceptors (Lipinski definition) is 6. The van der Waals surface area contributed by atoms with Crippen LogP contribution in [0.2, 0.25) is 0 Å². The van der Waals surface area contributed by atoms with Gasteiger partial charge in [-0.05, 0) is 71.1 Å². The molecule has 0 radical (unpaired) electrons. The highest BCUT2D eigenvalue weighted by molar-refractivity contribution is 7.99. The van der Waals surface area contributed by atoms with Gasteiger partial charge in [0.05, 0.1) is 23.8 Å². The van der Waals surface area contributed by atoms with Crippen LogP contribution < -0.4 is 11.1 Å². The first-order chi connectivity index (χ1) is 19.6. The first-order valence-electron chi connectivity index (χ1n) is 14.7. The highest BCUT2D eigenvalue weighted by atomic mass is 32.2. The lowest BCUT2D eigenvalue weighted by atomic mass is 9.76. The summed E-state index contributed by atoms with van der Waals surface area (Å²) in [5.41, 5.74) is 17.2. The van der Waals surface area contributed by atoms with Crippen LogP contribution in [0.3, 0.4) is 0 Å². The van der Waals surface area contributed by atoms with E-state index in [0.717, 1.165) is 53.9 Å². The largest absolute Gasteiger partial charge is 0.340 e. The van der Waals surface area contributed by atoms with Crippen molar-refractivity contribution in [2.45, 2.75) is 68.0 Å². The Morgan fingerprint density at radius 2 is 1.75 bits per heavy atom. The minimum Gasteiger partial charge on any atom is -0.340 e. The lowest BCUT2D eigenvalue weighted by Gasteiger charge is -2.28. The van der Waals surface area contributed by atoms with E-state index < -0.39 is 0 Å². The molecule has 1 aliphatic heterocycles. The summed E-state index contributed by atoms with van der Waals surface area (Å²) in [6.45, 7) is 3.23. The lowest BCUT2D eigenvalue weighted by molar-refractivity contribution is 0.440. The van der Waals surface area contributed by atoms with Gasteiger partial charge in [0.2, 0.25) is 0 Å². The highest BCUT2D eigenvalue weighted by Gasteiger charge is 2.43. The Morgan fingerprint density at radius 1 is 0.975 bits per heavy atom. The molecule has 2 atom stereocenters. The van der Waals surface area contributed by atoms with Gasteiger partial charge < -0.3 is 15.7 Å². The number of nitrogens with one attached hydrogen (secondary N) is 3. The molecule has 1 saturated heterocycles. The molecule has 0 unspecified atom stereocenters. The van der Waals surface area contributed by atoms with Crippen molar-refractivity contribution in [3.63, 3.8) is 0 Å². The maximum Gasteiger partial charge on any atom is 0.134 e. The van der Waals surface area contributed by atoms with Crippen molar-refractivity contribution in [1.29, 1.82) is 0 Å². The van der Waals surface area contributed by atoms with Crippen molar-refractivity contribution in [1.82, 2.24) is 25.3 Å². The Balaban J connectivity index is 1.23. The monoisotopic (exact) mass is 570 g/mol. The standard InChI is InChI=1S/C32H38N6S2/c1-2-16-39-28(33)29-35-19-26(38-29)23-10-9-22(27-24(23)11-14-32(27)12-3-4-13-32)20-5-7-21(8-6-20)25-18-36-30(37-25)31-34-15-17-40-31/h5-10,18-19,28,31,34H,2-4,11-17,33H2,1H3,(H,35,38)(H,36,37)/t28-,31-/m0/s1. The van der Waals surface area contributed by atoms with Crippen molar-refractivity contribution < 1.29 is 0 Å². The number of aromatic nitrogens is 4. The van der Waals surface area contributed by atoms with Crippen molar-refractivity contribution in [3.05, 3.63) is 71.6 Å². The van der Waals surface area contributed by atoms with Gasteiger partial charge in [0.25, 0.3) is 0 Å². The van der Waals surface area contributed by atoms with E-state index in [4.69, 9.17) is 10.7 Å². The van der Waals surface area contributed by atoms with E-state index in [9.17, 15) is 0 Å². The van der Waals surface area contributed by atoms with Gasteiger partial charge in [0.1, 0.15) is 22.4 Å². The number of nitrogens with zero attached hydrogens (tertiary/aromatic N) is 2. The van der Waals surface area contributed by atoms with E-state index in [1.165, 1.54) is 59.9 Å². The van der Waals surface area contributed by atoms with Gasteiger partial charge in [-0.3, -0.25) is 5.32 Å². The third-order valence-corrected chi connectivity index (χ3v) is 11.4. The van der Waals surface area contributed by atoms with E-state index in [1.807, 2.05) is 24.2 Å². The second-order valence-electron chi connectivity index (χ2n) is 11.4. The van der Waals surface area contributed by atoms with Crippen molar-refractivity contribution >= 4 is 23.5 Å². The third-order valence-electron chi connectivity index (χ3n) is 8.98. The van der Waals surface area contributed by atoms with Crippen LogP contribution in [0, 0.1) is 0 Å². The van der Waals surface area contributed by atoms with Crippen LogP contribution in [0.5, 0.6) is 0 Å². The second kappa shape index (κ2) is 11.0. The summed E-state index contributed by atoms with van der Waals surface area (Å²) in [7, 11) is 0. The van der Waals surface area contributed by atoms with E-state index >= 15 is 0 Å². The quantitative estimate of drug-likeness (QED) is 0.166. The molecule has 2 aliphatic carbocycles. The van der Waals surface area contributed by atoms with Crippen molar-refractivity contribution in [2.24, 2.45) is 5.73 Å². The summed E-state index contributed by atoms with van der Waals surface area (Å²) in [4.78, 5) is 16.5. The van der Waals surface area contributed by atoms with Gasteiger partial charge in [-0.1, -0.05) is 56.2 Å². The fourth-order valence-corrected chi connectivity index (χ4v) is 8.79. The summed E-state index contributed by atoms with van der Waals surface area (Å²) in [5.74, 6) is 4.07. The fraction of sp³-hybridized carbons (Fsp3) is 0.438. The molecule has 3 aliphatic rings. The zero-order valence-corrected chi connectivity index (χ0v) is 24.8. The summed E-state index contributed by atoms with van der Waals surface area (Å²) >= 11 is 3.67. The summed E-state index contributed by atoms with van der Waals surface area (Å²) < 4.78 is 0. The summed E-state index contributed by atoms with van der Waals surface area (Å²) in [6.07, 6.45) is 12.7. The maximum atomic E-state index is 6.43. The van der Waals surface area contributed by atoms with Crippen LogP contribution in [0.4, 0.5) is 0 Å². The van der Waals surface area contributed by atoms with Gasteiger partial charge in [-0.2, -0.15) is 0 Å². The van der Waals surface area contributed by atoms with Crippen molar-refractivity contribution in [2.75, 3.05) is 18.1 Å². The molecule has 3 heterocycles. The van der Waals surface area contributed by atoms with E-state index in [2.05, 4.69) is 63.6 Å². The minimum atomic E-state index is -0.111. The molecule has 0 bridgehead atoms. The first kappa shape index (κ1) is 26.4. The molecule has 4 aromatic rings. The van der Waals surface area contributed by atoms with Crippen LogP contribution in [-0.4, -0.2) is 38.0 Å². The van der Waals surface area contributed by atoms with Gasteiger partial charge in [0, 0.05) is 17.9 Å². The number of aromatic amines is 2. The second-order valence-corrected chi connectivity index (χ2v) is 13.9. The SMILES string of the molecule is CCCS[C@H](N)c1ncc(-c2ccc(-c3ccc(-c4cnc([C@H]5NCCS5)[nH]4)cc3)c3c2CCC32CCCC2)[nH]1. The third kappa shape index (κ3) is 4.73. The Kier molecular flexibility index (Phi) is 7.29. The predicted octanol–water partition coefficient (Wildman–Crippen LogP) is 7.33. The Morgan fingerprint density at radius 3 is 2.52 bits per heavy atom. The molecule has 2 aromatic carbocycles. The number of H-pyrrole nitrogens is 2. The molecular formula is C32H38N6S2. The van der Waals surface area contributed by atoms with Crippen LogP contribution in [-0.2, 0) is 11.8 Å². The average molecular weight is 571 g/mol. The minimum absolute atomic E-state index is 0.111. The Labute approximate surface area is 245 Å². The van der Waals surface area contributed by atoms with E-state index in [-0.39, 0.29) is 10.7 Å². The fourth-order valence-electron chi connectivity index (χ4n) is 7.04. The highest BCUT2D eigenvalue weighted by Crippen LogP contribution is 2.55. The predicted molar refractivity (Wildman–Crippen MR) is 168 cm³/mol. The number of thioether (sulfide) groups is 2. The zero-order chi connectivity index (χ0) is 27.1. The topological polar surface area (TPSA) is 95.4 Å². The van der Waals surface area contributed by atoms with E-state index in [1.54, 1.807) is 17.3 Å². The van der Waals surface area contributed by atoms with Gasteiger partial charge in [0.15, 0.2) is 0 Å². The number of rotatable bonds is 8. The number of hydrogen-bond donors (Lipinski definition) is 4. The van der Waals surface area contributed by atoms with Crippen LogP contribution in [0.25, 0.3) is 33.6 Å². The average Bonchev–Trinajstić information content (AvgIpc) is 3.83. The van der Waals surface area contributed by atoms with Gasteiger partial charge in [-0.15, -0.1) is 23.5 Å². The normalized spacial score (nSPS) is 20.4. The molecule has 0 amide bonds. The molecule has 2 fully saturated rings. The summed E-state index contributed by atoms with van der Waals surface area (Å²) in [6, 6.07) is 13.8. The lowest BCUT2D eigenvalue weighted by Crippen LogP contribution is -2.19. The van der Waals surface area contributed by atoms with Gasteiger partial charge in [-0.25, -0.2) is 9.97 Å². The molecule has 7 rings (SSSR count). The Bertz CT molecular complexity index is 1480. The molecule has 1 saturated carbocycles. The molecule has 1 spiro atoms. The Hall–Kier alpha value is -2.52. The molecule has 6 nitrogen and oxygen atoms in total. The van der Waals surface area contributed by atoms with E-state index in [0.29, 0.717) is 5.41 Å². The van der Waals surface area contributed by atoms with Crippen LogP contribution >= 0.6 is 23.5 Å². The molecular weight excluding hydrogens is 533 g/mol. The van der Waals surface area contributed by atoms with Crippen LogP contribution in [0.1, 0.15) is 79.0 Å². The smallest absolute Gasteiger partial charge is 0.134 e. The van der Waals surface area contributed by atoms with Crippen LogP contribution in [0.15, 0.2) is 48.8 Å². The molecule has 40 heavy (non-hydrogen) atoms.